The molecule has 0 bridgehead atoms. The van der Waals surface area contributed by atoms with E-state index in [0.29, 0.717) is 12.2 Å². The lowest BCUT2D eigenvalue weighted by Gasteiger charge is -2.20. The Morgan fingerprint density at radius 3 is 2.63 bits per heavy atom. The Hall–Kier alpha value is -2.40. The van der Waals surface area contributed by atoms with Crippen LogP contribution in [0.5, 0.6) is 5.75 Å². The van der Waals surface area contributed by atoms with Crippen LogP contribution < -0.4 is 4.74 Å². The van der Waals surface area contributed by atoms with Crippen molar-refractivity contribution in [1.29, 1.82) is 0 Å². The molecule has 0 amide bonds. The molecule has 0 saturated carbocycles. The van der Waals surface area contributed by atoms with Gasteiger partial charge in [-0.1, -0.05) is 34.1 Å². The van der Waals surface area contributed by atoms with E-state index in [1.54, 1.807) is 0 Å². The van der Waals surface area contributed by atoms with Gasteiger partial charge in [0.25, 0.3) is 0 Å². The Kier molecular flexibility index (Phi) is 5.39. The second-order valence-electron chi connectivity index (χ2n) is 6.57. The first kappa shape index (κ1) is 18.0. The second kappa shape index (κ2) is 8.09. The van der Waals surface area contributed by atoms with E-state index in [-0.39, 0.29) is 12.6 Å². The number of halogens is 1. The molecule has 0 aliphatic heterocycles. The Morgan fingerprint density at radius 1 is 1.00 bits per heavy atom. The summed E-state index contributed by atoms with van der Waals surface area (Å²) in [6.45, 7) is 0.527. The number of nitrogens with zero attached hydrogens (tertiary/aromatic N) is 1. The van der Waals surface area contributed by atoms with Crippen molar-refractivity contribution in [2.75, 3.05) is 13.2 Å². The number of fused-ring (bicyclic) bond motifs is 2. The van der Waals surface area contributed by atoms with Crippen LogP contribution in [-0.2, 0) is 17.6 Å². The van der Waals surface area contributed by atoms with Crippen molar-refractivity contribution in [2.24, 2.45) is 0 Å². The highest BCUT2D eigenvalue weighted by molar-refractivity contribution is 9.10. The predicted molar refractivity (Wildman–Crippen MR) is 108 cm³/mol. The lowest BCUT2D eigenvalue weighted by molar-refractivity contribution is 0.0451. The Bertz CT molecular complexity index is 969. The van der Waals surface area contributed by atoms with E-state index >= 15 is 0 Å². The smallest absolute Gasteiger partial charge is 0.339 e. The highest BCUT2D eigenvalue weighted by Crippen LogP contribution is 2.29. The van der Waals surface area contributed by atoms with Crippen LogP contribution in [0, 0.1) is 0 Å². The van der Waals surface area contributed by atoms with Crippen LogP contribution in [0.1, 0.15) is 34.5 Å². The van der Waals surface area contributed by atoms with E-state index in [2.05, 4.69) is 15.9 Å². The Morgan fingerprint density at radius 2 is 1.78 bits per heavy atom. The number of carbonyl (C=O) groups excluding carboxylic acids is 1. The largest absolute Gasteiger partial charge is 0.490 e. The zero-order valence-electron chi connectivity index (χ0n) is 14.9. The monoisotopic (exact) mass is 425 g/mol. The maximum Gasteiger partial charge on any atom is 0.339 e. The fourth-order valence-electron chi connectivity index (χ4n) is 3.50. The van der Waals surface area contributed by atoms with Crippen molar-refractivity contribution in [2.45, 2.75) is 25.7 Å². The van der Waals surface area contributed by atoms with E-state index in [1.807, 2.05) is 48.5 Å². The van der Waals surface area contributed by atoms with Gasteiger partial charge in [-0.3, -0.25) is 4.98 Å². The zero-order valence-corrected chi connectivity index (χ0v) is 16.5. The number of ether oxygens (including phenoxy) is 2. The molecule has 27 heavy (non-hydrogen) atoms. The van der Waals surface area contributed by atoms with Crippen LogP contribution in [0.2, 0.25) is 0 Å². The average Bonchev–Trinajstić information content (AvgIpc) is 2.70. The molecule has 0 spiro atoms. The van der Waals surface area contributed by atoms with Gasteiger partial charge in [0.15, 0.2) is 0 Å². The fourth-order valence-corrected chi connectivity index (χ4v) is 3.77. The van der Waals surface area contributed by atoms with Crippen molar-refractivity contribution >= 4 is 32.8 Å². The van der Waals surface area contributed by atoms with Gasteiger partial charge in [0.1, 0.15) is 19.0 Å². The molecule has 1 aromatic heterocycles. The number of esters is 1. The number of benzene rings is 2. The summed E-state index contributed by atoms with van der Waals surface area (Å²) in [7, 11) is 0. The molecular weight excluding hydrogens is 406 g/mol. The van der Waals surface area contributed by atoms with Gasteiger partial charge in [-0.2, -0.15) is 0 Å². The van der Waals surface area contributed by atoms with Gasteiger partial charge in [-0.15, -0.1) is 0 Å². The molecular formula is C22H20BrNO3. The van der Waals surface area contributed by atoms with Gasteiger partial charge in [-0.05, 0) is 61.6 Å². The molecule has 3 aromatic rings. The number of hydrogen-bond donors (Lipinski definition) is 0. The van der Waals surface area contributed by atoms with Gasteiger partial charge >= 0.3 is 5.97 Å². The molecule has 1 aliphatic carbocycles. The summed E-state index contributed by atoms with van der Waals surface area (Å²) in [6, 6.07) is 15.4. The minimum Gasteiger partial charge on any atom is -0.490 e. The number of pyridine rings is 1. The van der Waals surface area contributed by atoms with Crippen LogP contribution in [0.4, 0.5) is 0 Å². The first-order valence-corrected chi connectivity index (χ1v) is 9.97. The van der Waals surface area contributed by atoms with Gasteiger partial charge < -0.3 is 9.47 Å². The van der Waals surface area contributed by atoms with Crippen LogP contribution in [0.3, 0.4) is 0 Å². The number of aryl methyl sites for hydroxylation is 1. The summed E-state index contributed by atoms with van der Waals surface area (Å²) in [5.74, 6) is 0.465. The molecule has 4 rings (SSSR count). The maximum atomic E-state index is 12.9. The Labute approximate surface area is 166 Å². The lowest BCUT2D eigenvalue weighted by atomic mass is 9.90. The molecule has 5 heteroatoms. The van der Waals surface area contributed by atoms with E-state index in [1.165, 1.54) is 0 Å². The molecule has 2 aromatic carbocycles. The third-order valence-electron chi connectivity index (χ3n) is 4.77. The predicted octanol–water partition coefficient (Wildman–Crippen LogP) is 5.11. The number of carbonyl (C=O) groups is 1. The topological polar surface area (TPSA) is 48.4 Å². The highest BCUT2D eigenvalue weighted by atomic mass is 79.9. The normalized spacial score (nSPS) is 13.2. The maximum absolute atomic E-state index is 12.9. The molecule has 0 atom stereocenters. The summed E-state index contributed by atoms with van der Waals surface area (Å²) >= 11 is 3.39. The number of hydrogen-bond acceptors (Lipinski definition) is 4. The van der Waals surface area contributed by atoms with Crippen LogP contribution in [0.25, 0.3) is 10.9 Å². The standard InChI is InChI=1S/C22H20BrNO3/c23-15-9-11-16(12-10-15)26-13-14-27-22(25)21-17-5-1-3-7-19(17)24-20-8-4-2-6-18(20)21/h1,3,5,7,9-12H,2,4,6,8,13-14H2. The summed E-state index contributed by atoms with van der Waals surface area (Å²) < 4.78 is 12.2. The van der Waals surface area contributed by atoms with E-state index in [4.69, 9.17) is 14.5 Å². The third kappa shape index (κ3) is 3.98. The second-order valence-corrected chi connectivity index (χ2v) is 7.49. The molecule has 4 nitrogen and oxygen atoms in total. The molecule has 138 valence electrons. The molecule has 0 fully saturated rings. The van der Waals surface area contributed by atoms with Crippen molar-refractivity contribution in [3.63, 3.8) is 0 Å². The molecule has 1 heterocycles. The fraction of sp³-hybridized carbons (Fsp3) is 0.273. The quantitative estimate of drug-likeness (QED) is 0.420. The van der Waals surface area contributed by atoms with E-state index in [0.717, 1.165) is 58.1 Å². The summed E-state index contributed by atoms with van der Waals surface area (Å²) in [6.07, 6.45) is 4.01. The van der Waals surface area contributed by atoms with Crippen LogP contribution in [-0.4, -0.2) is 24.2 Å². The van der Waals surface area contributed by atoms with E-state index in [9.17, 15) is 4.79 Å². The van der Waals surface area contributed by atoms with Crippen molar-refractivity contribution in [3.05, 3.63) is 69.8 Å². The Balaban J connectivity index is 1.49. The van der Waals surface area contributed by atoms with Crippen molar-refractivity contribution in [3.8, 4) is 5.75 Å². The average molecular weight is 426 g/mol. The SMILES string of the molecule is O=C(OCCOc1ccc(Br)cc1)c1c2c(nc3ccccc13)CCCC2. The zero-order chi connectivity index (χ0) is 18.6. The summed E-state index contributed by atoms with van der Waals surface area (Å²) in [5.41, 5.74) is 3.63. The highest BCUT2D eigenvalue weighted by Gasteiger charge is 2.23. The van der Waals surface area contributed by atoms with Gasteiger partial charge in [0, 0.05) is 15.6 Å². The van der Waals surface area contributed by atoms with Crippen molar-refractivity contribution < 1.29 is 14.3 Å². The first-order chi connectivity index (χ1) is 13.2. The van der Waals surface area contributed by atoms with Gasteiger partial charge in [0.2, 0.25) is 0 Å². The summed E-state index contributed by atoms with van der Waals surface area (Å²) in [4.78, 5) is 17.6. The van der Waals surface area contributed by atoms with Gasteiger partial charge in [0.05, 0.1) is 11.1 Å². The van der Waals surface area contributed by atoms with E-state index < -0.39 is 0 Å². The van der Waals surface area contributed by atoms with Crippen LogP contribution in [0.15, 0.2) is 53.0 Å². The first-order valence-electron chi connectivity index (χ1n) is 9.18. The number of aromatic nitrogens is 1. The van der Waals surface area contributed by atoms with Gasteiger partial charge in [-0.25, -0.2) is 4.79 Å². The molecule has 0 saturated heterocycles. The number of para-hydroxylation sites is 1. The molecule has 0 unspecified atom stereocenters. The number of rotatable bonds is 5. The molecule has 0 N–H and O–H groups in total. The summed E-state index contributed by atoms with van der Waals surface area (Å²) in [5, 5.41) is 0.872. The minimum atomic E-state index is -0.286. The lowest BCUT2D eigenvalue weighted by Crippen LogP contribution is -2.18. The molecule has 0 radical (unpaired) electrons. The molecule has 1 aliphatic rings. The third-order valence-corrected chi connectivity index (χ3v) is 5.30. The minimum absolute atomic E-state index is 0.209. The van der Waals surface area contributed by atoms with Crippen molar-refractivity contribution in [1.82, 2.24) is 4.98 Å². The van der Waals surface area contributed by atoms with Crippen LogP contribution >= 0.6 is 15.9 Å².